The summed E-state index contributed by atoms with van der Waals surface area (Å²) in [5.41, 5.74) is 4.43. The quantitative estimate of drug-likeness (QED) is 0.190. The molecule has 1 fully saturated rings. The number of ether oxygens (including phenoxy) is 1. The van der Waals surface area contributed by atoms with Gasteiger partial charge in [-0.2, -0.15) is 15.1 Å². The lowest BCUT2D eigenvalue weighted by atomic mass is 9.96. The van der Waals surface area contributed by atoms with Crippen molar-refractivity contribution < 1.29 is 19.7 Å². The van der Waals surface area contributed by atoms with E-state index in [1.165, 1.54) is 6.08 Å². The molecule has 0 bridgehead atoms. The summed E-state index contributed by atoms with van der Waals surface area (Å²) in [5, 5.41) is 18.5. The lowest BCUT2D eigenvalue weighted by molar-refractivity contribution is -0.255. The maximum absolute atomic E-state index is 12.1. The van der Waals surface area contributed by atoms with Gasteiger partial charge in [-0.25, -0.2) is 4.89 Å². The molecule has 2 N–H and O–H groups in total. The van der Waals surface area contributed by atoms with E-state index in [0.717, 1.165) is 33.0 Å². The zero-order valence-corrected chi connectivity index (χ0v) is 22.0. The zero-order valence-electron chi connectivity index (χ0n) is 21.3. The summed E-state index contributed by atoms with van der Waals surface area (Å²) < 4.78 is 6.02. The predicted molar refractivity (Wildman–Crippen MR) is 147 cm³/mol. The minimum Gasteiger partial charge on any atom is -0.458 e. The van der Waals surface area contributed by atoms with Crippen LogP contribution in [0, 0.1) is 6.92 Å². The average Bonchev–Trinajstić information content (AvgIpc) is 3.41. The molecule has 0 radical (unpaired) electrons. The molecule has 0 spiro atoms. The molecule has 198 valence electrons. The number of benzene rings is 2. The first kappa shape index (κ1) is 25.9. The molecule has 0 aliphatic carbocycles. The molecule has 10 nitrogen and oxygen atoms in total. The molecule has 1 unspecified atom stereocenters. The van der Waals surface area contributed by atoms with Crippen LogP contribution in [-0.2, 0) is 9.68 Å². The highest BCUT2D eigenvalue weighted by Gasteiger charge is 2.25. The minimum absolute atomic E-state index is 0.0108. The van der Waals surface area contributed by atoms with Crippen LogP contribution >= 0.6 is 11.6 Å². The molecule has 11 heteroatoms. The minimum atomic E-state index is -0.430. The summed E-state index contributed by atoms with van der Waals surface area (Å²) in [6.07, 6.45) is 3.29. The molecule has 1 aliphatic rings. The Hall–Kier alpha value is -3.73. The molecule has 4 aromatic rings. The fraction of sp³-hybridized carbons (Fsp3) is 0.333. The van der Waals surface area contributed by atoms with Gasteiger partial charge < -0.3 is 14.5 Å². The first-order valence-corrected chi connectivity index (χ1v) is 12.8. The van der Waals surface area contributed by atoms with E-state index in [9.17, 15) is 4.79 Å². The van der Waals surface area contributed by atoms with E-state index in [-0.39, 0.29) is 18.5 Å². The van der Waals surface area contributed by atoms with Crippen LogP contribution in [0.3, 0.4) is 0 Å². The third-order valence-electron chi connectivity index (χ3n) is 6.90. The second-order valence-electron chi connectivity index (χ2n) is 9.23. The van der Waals surface area contributed by atoms with Crippen molar-refractivity contribution in [2.75, 3.05) is 37.7 Å². The van der Waals surface area contributed by atoms with Gasteiger partial charge in [-0.3, -0.25) is 15.2 Å². The maximum Gasteiger partial charge on any atom is 0.319 e. The Bertz CT molecular complexity index is 1500. The first-order chi connectivity index (χ1) is 18.4. The lowest BCUT2D eigenvalue weighted by Gasteiger charge is -2.35. The van der Waals surface area contributed by atoms with E-state index < -0.39 is 6.10 Å². The molecular formula is C27H29ClN6O4. The number of piperazine rings is 1. The summed E-state index contributed by atoms with van der Waals surface area (Å²) in [6.45, 7) is 9.77. The largest absolute Gasteiger partial charge is 0.458 e. The molecule has 2 aromatic heterocycles. The van der Waals surface area contributed by atoms with Crippen molar-refractivity contribution in [2.45, 2.75) is 26.4 Å². The van der Waals surface area contributed by atoms with Crippen LogP contribution in [0.4, 0.5) is 5.82 Å². The fourth-order valence-corrected chi connectivity index (χ4v) is 5.07. The van der Waals surface area contributed by atoms with Gasteiger partial charge in [0.2, 0.25) is 5.91 Å². The van der Waals surface area contributed by atoms with Crippen LogP contribution in [0.25, 0.3) is 32.9 Å². The number of aromatic nitrogens is 4. The van der Waals surface area contributed by atoms with Crippen LogP contribution in [-0.4, -0.2) is 75.1 Å². The number of anilines is 1. The van der Waals surface area contributed by atoms with E-state index in [1.54, 1.807) is 11.1 Å². The van der Waals surface area contributed by atoms with Crippen LogP contribution in [0.2, 0.25) is 5.02 Å². The van der Waals surface area contributed by atoms with E-state index >= 15 is 0 Å². The van der Waals surface area contributed by atoms with Gasteiger partial charge in [0.25, 0.3) is 0 Å². The maximum atomic E-state index is 12.1. The Morgan fingerprint density at radius 3 is 2.74 bits per heavy atom. The van der Waals surface area contributed by atoms with E-state index in [2.05, 4.69) is 26.6 Å². The van der Waals surface area contributed by atoms with Crippen molar-refractivity contribution in [3.63, 3.8) is 0 Å². The van der Waals surface area contributed by atoms with Gasteiger partial charge in [0.05, 0.1) is 17.2 Å². The van der Waals surface area contributed by atoms with Crippen LogP contribution in [0.1, 0.15) is 18.9 Å². The number of hydrogen-bond donors (Lipinski definition) is 2. The Labute approximate surface area is 224 Å². The molecular weight excluding hydrogens is 508 g/mol. The second kappa shape index (κ2) is 10.9. The summed E-state index contributed by atoms with van der Waals surface area (Å²) in [4.78, 5) is 29.8. The number of nitrogens with zero attached hydrogens (tertiary/aromatic N) is 5. The summed E-state index contributed by atoms with van der Waals surface area (Å²) >= 11 is 6.92. The van der Waals surface area contributed by atoms with Crippen LogP contribution in [0.5, 0.6) is 6.01 Å². The highest BCUT2D eigenvalue weighted by atomic mass is 35.5. The number of hydrogen-bond acceptors (Lipinski definition) is 8. The standard InChI is InChI=1S/C27H29ClN6O4/c1-4-17(15-37-36)38-27-30-23-13-18(25-16(3)6-7-22-20(25)14-29-32-22)21(28)12-19(23)26(31-27)34-10-8-33(9-11-34)24(35)5-2/h5-7,12-14,17,36H,2,4,8-11,15H2,1,3H3,(H,29,32). The number of rotatable bonds is 8. The number of carbonyl (C=O) groups is 1. The molecule has 2 aromatic carbocycles. The van der Waals surface area contributed by atoms with Gasteiger partial charge in [-0.05, 0) is 48.7 Å². The van der Waals surface area contributed by atoms with E-state index in [4.69, 9.17) is 31.6 Å². The number of aryl methyl sites for hydroxylation is 1. The van der Waals surface area contributed by atoms with Crippen molar-refractivity contribution in [3.8, 4) is 17.1 Å². The highest BCUT2D eigenvalue weighted by molar-refractivity contribution is 6.35. The van der Waals surface area contributed by atoms with Gasteiger partial charge in [0.15, 0.2) is 0 Å². The predicted octanol–water partition coefficient (Wildman–Crippen LogP) is 4.62. The lowest BCUT2D eigenvalue weighted by Crippen LogP contribution is -2.48. The third kappa shape index (κ3) is 4.90. The number of halogens is 1. The van der Waals surface area contributed by atoms with Crippen molar-refractivity contribution >= 4 is 45.1 Å². The topological polar surface area (TPSA) is 117 Å². The monoisotopic (exact) mass is 536 g/mol. The Morgan fingerprint density at radius 1 is 1.24 bits per heavy atom. The summed E-state index contributed by atoms with van der Waals surface area (Å²) in [5.74, 6) is 0.578. The normalized spacial score (nSPS) is 14.7. The van der Waals surface area contributed by atoms with Gasteiger partial charge >= 0.3 is 6.01 Å². The van der Waals surface area contributed by atoms with Crippen molar-refractivity contribution in [1.82, 2.24) is 25.1 Å². The number of carbonyl (C=O) groups excluding carboxylic acids is 1. The van der Waals surface area contributed by atoms with Gasteiger partial charge in [0.1, 0.15) is 18.5 Å². The Morgan fingerprint density at radius 2 is 2.03 bits per heavy atom. The van der Waals surface area contributed by atoms with Gasteiger partial charge in [-0.15, -0.1) is 0 Å². The molecule has 5 rings (SSSR count). The third-order valence-corrected chi connectivity index (χ3v) is 7.21. The Kier molecular flexibility index (Phi) is 7.46. The molecule has 38 heavy (non-hydrogen) atoms. The number of fused-ring (bicyclic) bond motifs is 2. The van der Waals surface area contributed by atoms with Gasteiger partial charge in [0, 0.05) is 47.5 Å². The number of amides is 1. The van der Waals surface area contributed by atoms with E-state index in [1.807, 2.05) is 38.1 Å². The summed E-state index contributed by atoms with van der Waals surface area (Å²) in [7, 11) is 0. The second-order valence-corrected chi connectivity index (χ2v) is 9.64. The van der Waals surface area contributed by atoms with Crippen LogP contribution < -0.4 is 9.64 Å². The highest BCUT2D eigenvalue weighted by Crippen LogP contribution is 2.40. The Balaban J connectivity index is 1.63. The number of H-pyrrole nitrogens is 1. The fourth-order valence-electron chi connectivity index (χ4n) is 4.82. The number of aromatic amines is 1. The average molecular weight is 537 g/mol. The molecule has 1 atom stereocenters. The molecule has 0 saturated carbocycles. The molecule has 1 amide bonds. The summed E-state index contributed by atoms with van der Waals surface area (Å²) in [6, 6.07) is 8.03. The van der Waals surface area contributed by atoms with E-state index in [0.29, 0.717) is 49.0 Å². The number of nitrogens with one attached hydrogen (secondary N) is 1. The molecule has 1 saturated heterocycles. The van der Waals surface area contributed by atoms with Crippen molar-refractivity contribution in [3.05, 3.63) is 53.7 Å². The zero-order chi connectivity index (χ0) is 26.8. The van der Waals surface area contributed by atoms with Crippen LogP contribution in [0.15, 0.2) is 43.1 Å². The van der Waals surface area contributed by atoms with Crippen molar-refractivity contribution in [1.29, 1.82) is 0 Å². The molecule has 1 aliphatic heterocycles. The van der Waals surface area contributed by atoms with Gasteiger partial charge in [-0.1, -0.05) is 31.2 Å². The SMILES string of the molecule is C=CC(=O)N1CCN(c2nc(OC(CC)COO)nc3cc(-c4c(C)ccc5[nH]ncc45)c(Cl)cc23)CC1. The smallest absolute Gasteiger partial charge is 0.319 e. The first-order valence-electron chi connectivity index (χ1n) is 12.5. The molecule has 3 heterocycles. The van der Waals surface area contributed by atoms with Crippen molar-refractivity contribution in [2.24, 2.45) is 0 Å².